The molecular formula is C17H32IN5OS. The summed E-state index contributed by atoms with van der Waals surface area (Å²) in [4.78, 5) is 23.9. The van der Waals surface area contributed by atoms with Crippen LogP contribution in [0.3, 0.4) is 0 Å². The molecule has 25 heavy (non-hydrogen) atoms. The van der Waals surface area contributed by atoms with E-state index in [1.807, 2.05) is 11.8 Å². The summed E-state index contributed by atoms with van der Waals surface area (Å²) in [6.07, 6.45) is 3.55. The number of thioether (sulfide) groups is 1. The number of nitrogens with one attached hydrogen (secondary N) is 1. The summed E-state index contributed by atoms with van der Waals surface area (Å²) in [6.45, 7) is 5.91. The molecule has 0 aromatic rings. The predicted octanol–water partition coefficient (Wildman–Crippen LogP) is 1.31. The third kappa shape index (κ3) is 4.94. The van der Waals surface area contributed by atoms with Gasteiger partial charge in [0, 0.05) is 37.0 Å². The van der Waals surface area contributed by atoms with Crippen LogP contribution in [0.2, 0.25) is 0 Å². The molecule has 0 spiro atoms. The molecule has 3 aliphatic rings. The van der Waals surface area contributed by atoms with Crippen LogP contribution in [-0.4, -0.2) is 96.5 Å². The molecule has 1 unspecified atom stereocenters. The molecule has 2 saturated heterocycles. The number of hydrogen-bond donors (Lipinski definition) is 1. The first-order valence-electron chi connectivity index (χ1n) is 9.13. The lowest BCUT2D eigenvalue weighted by atomic mass is 9.98. The van der Waals surface area contributed by atoms with Gasteiger partial charge >= 0.3 is 0 Å². The number of hydrogen-bond acceptors (Lipinski definition) is 4. The monoisotopic (exact) mass is 481 g/mol. The van der Waals surface area contributed by atoms with Gasteiger partial charge in [-0.25, -0.2) is 0 Å². The quantitative estimate of drug-likeness (QED) is 0.365. The minimum absolute atomic E-state index is 0. The van der Waals surface area contributed by atoms with Crippen molar-refractivity contribution in [2.24, 2.45) is 4.99 Å². The number of nitrogens with zero attached hydrogens (tertiary/aromatic N) is 4. The van der Waals surface area contributed by atoms with Crippen LogP contribution in [0, 0.1) is 0 Å². The van der Waals surface area contributed by atoms with E-state index in [0.29, 0.717) is 12.6 Å². The summed E-state index contributed by atoms with van der Waals surface area (Å²) in [5.74, 6) is 3.51. The highest BCUT2D eigenvalue weighted by Crippen LogP contribution is 2.32. The average Bonchev–Trinajstić information content (AvgIpc) is 3.28. The predicted molar refractivity (Wildman–Crippen MR) is 116 cm³/mol. The maximum absolute atomic E-state index is 12.4. The van der Waals surface area contributed by atoms with Gasteiger partial charge in [-0.1, -0.05) is 0 Å². The molecule has 0 bridgehead atoms. The normalized spacial score (nSPS) is 27.7. The van der Waals surface area contributed by atoms with Crippen molar-refractivity contribution in [1.29, 1.82) is 0 Å². The number of carbonyl (C=O) groups is 1. The third-order valence-electron chi connectivity index (χ3n) is 5.43. The number of rotatable bonds is 5. The van der Waals surface area contributed by atoms with E-state index in [4.69, 9.17) is 4.99 Å². The van der Waals surface area contributed by atoms with E-state index in [0.717, 1.165) is 37.9 Å². The highest BCUT2D eigenvalue weighted by molar-refractivity contribution is 14.0. The molecule has 3 fully saturated rings. The van der Waals surface area contributed by atoms with Gasteiger partial charge < -0.3 is 20.0 Å². The minimum atomic E-state index is 0. The zero-order valence-corrected chi connectivity index (χ0v) is 18.8. The lowest BCUT2D eigenvalue weighted by Crippen LogP contribution is -2.56. The summed E-state index contributed by atoms with van der Waals surface area (Å²) in [6, 6.07) is 0.520. The van der Waals surface area contributed by atoms with Gasteiger partial charge in [-0.3, -0.25) is 9.79 Å². The molecule has 2 aliphatic heterocycles. The summed E-state index contributed by atoms with van der Waals surface area (Å²) >= 11 is 2.02. The molecule has 1 amide bonds. The van der Waals surface area contributed by atoms with Crippen molar-refractivity contribution in [1.82, 2.24) is 20.0 Å². The summed E-state index contributed by atoms with van der Waals surface area (Å²) in [5, 5.41) is 3.39. The summed E-state index contributed by atoms with van der Waals surface area (Å²) in [7, 11) is 4.32. The largest absolute Gasteiger partial charge is 0.357 e. The van der Waals surface area contributed by atoms with Crippen molar-refractivity contribution in [2.75, 3.05) is 58.3 Å². The number of likely N-dealkylation sites (N-methyl/N-ethyl adjacent to an activating group) is 1. The lowest BCUT2D eigenvalue weighted by molar-refractivity contribution is -0.135. The zero-order valence-electron chi connectivity index (χ0n) is 15.7. The molecule has 2 heterocycles. The van der Waals surface area contributed by atoms with Crippen LogP contribution in [0.4, 0.5) is 0 Å². The number of carbonyl (C=O) groups excluding carboxylic acids is 1. The fourth-order valence-electron chi connectivity index (χ4n) is 3.50. The third-order valence-corrected chi connectivity index (χ3v) is 6.67. The Morgan fingerprint density at radius 1 is 1.40 bits per heavy atom. The number of amides is 1. The van der Waals surface area contributed by atoms with Gasteiger partial charge in [0.05, 0.1) is 13.1 Å². The molecule has 144 valence electrons. The highest BCUT2D eigenvalue weighted by Gasteiger charge is 2.38. The topological polar surface area (TPSA) is 51.2 Å². The number of piperazine rings is 1. The maximum Gasteiger partial charge on any atom is 0.242 e. The molecule has 3 rings (SSSR count). The molecule has 1 N–H and O–H groups in total. The van der Waals surface area contributed by atoms with Crippen molar-refractivity contribution in [3.8, 4) is 0 Å². The number of aliphatic imine (C=N–C) groups is 1. The van der Waals surface area contributed by atoms with E-state index in [-0.39, 0.29) is 35.4 Å². The smallest absolute Gasteiger partial charge is 0.242 e. The van der Waals surface area contributed by atoms with Crippen molar-refractivity contribution >= 4 is 47.6 Å². The second-order valence-electron chi connectivity index (χ2n) is 7.33. The van der Waals surface area contributed by atoms with E-state index < -0.39 is 0 Å². The van der Waals surface area contributed by atoms with Gasteiger partial charge in [-0.15, -0.1) is 24.0 Å². The first-order chi connectivity index (χ1) is 11.6. The Hall–Kier alpha value is -0.220. The Labute approximate surface area is 173 Å². The van der Waals surface area contributed by atoms with Crippen molar-refractivity contribution < 1.29 is 4.79 Å². The standard InChI is InChI=1S/C17H31N5OS.HI/c1-4-18-16(19-12-17(20(2)3)7-10-24-13-17)21-8-9-22(14-5-6-14)15(23)11-21;/h14H,4-13H2,1-3H3,(H,18,19);1H. The second-order valence-corrected chi connectivity index (χ2v) is 8.44. The molecule has 1 atom stereocenters. The van der Waals surface area contributed by atoms with Crippen LogP contribution in [0.5, 0.6) is 0 Å². The van der Waals surface area contributed by atoms with Crippen LogP contribution in [0.1, 0.15) is 26.2 Å². The Bertz CT molecular complexity index is 491. The van der Waals surface area contributed by atoms with E-state index in [2.05, 4.69) is 41.0 Å². The highest BCUT2D eigenvalue weighted by atomic mass is 127. The van der Waals surface area contributed by atoms with Gasteiger partial charge in [0.2, 0.25) is 5.91 Å². The Balaban J connectivity index is 0.00000225. The summed E-state index contributed by atoms with van der Waals surface area (Å²) < 4.78 is 0. The Morgan fingerprint density at radius 3 is 2.68 bits per heavy atom. The van der Waals surface area contributed by atoms with Gasteiger partial charge in [0.15, 0.2) is 5.96 Å². The van der Waals surface area contributed by atoms with Crippen molar-refractivity contribution in [3.05, 3.63) is 0 Å². The molecule has 1 saturated carbocycles. The van der Waals surface area contributed by atoms with E-state index in [1.54, 1.807) is 0 Å². The molecule has 0 radical (unpaired) electrons. The molecular weight excluding hydrogens is 449 g/mol. The number of halogens is 1. The van der Waals surface area contributed by atoms with E-state index in [1.165, 1.54) is 25.0 Å². The Kier molecular flexibility index (Phi) is 7.69. The van der Waals surface area contributed by atoms with Crippen LogP contribution >= 0.6 is 35.7 Å². The molecule has 1 aliphatic carbocycles. The van der Waals surface area contributed by atoms with Gasteiger partial charge in [0.25, 0.3) is 0 Å². The van der Waals surface area contributed by atoms with Crippen LogP contribution in [0.25, 0.3) is 0 Å². The molecule has 8 heteroatoms. The van der Waals surface area contributed by atoms with Crippen LogP contribution < -0.4 is 5.32 Å². The molecule has 0 aromatic heterocycles. The first kappa shape index (κ1) is 21.1. The van der Waals surface area contributed by atoms with Crippen molar-refractivity contribution in [2.45, 2.75) is 37.8 Å². The maximum atomic E-state index is 12.4. The van der Waals surface area contributed by atoms with E-state index >= 15 is 0 Å². The van der Waals surface area contributed by atoms with E-state index in [9.17, 15) is 4.79 Å². The average molecular weight is 481 g/mol. The fraction of sp³-hybridized carbons (Fsp3) is 0.882. The zero-order chi connectivity index (χ0) is 17.2. The van der Waals surface area contributed by atoms with Crippen LogP contribution in [-0.2, 0) is 4.79 Å². The summed E-state index contributed by atoms with van der Waals surface area (Å²) in [5.41, 5.74) is 0.158. The van der Waals surface area contributed by atoms with Gasteiger partial charge in [-0.2, -0.15) is 11.8 Å². The molecule has 6 nitrogen and oxygen atoms in total. The minimum Gasteiger partial charge on any atom is -0.357 e. The lowest BCUT2D eigenvalue weighted by Gasteiger charge is -2.38. The van der Waals surface area contributed by atoms with Gasteiger partial charge in [0.1, 0.15) is 0 Å². The fourth-order valence-corrected chi connectivity index (χ4v) is 5.05. The first-order valence-corrected chi connectivity index (χ1v) is 10.3. The van der Waals surface area contributed by atoms with Crippen LogP contribution in [0.15, 0.2) is 4.99 Å². The number of guanidine groups is 1. The second kappa shape index (κ2) is 9.12. The van der Waals surface area contributed by atoms with Gasteiger partial charge in [-0.05, 0) is 46.0 Å². The van der Waals surface area contributed by atoms with Crippen molar-refractivity contribution in [3.63, 3.8) is 0 Å². The molecule has 0 aromatic carbocycles. The SMILES string of the molecule is CCNC(=NCC1(N(C)C)CCSC1)N1CCN(C2CC2)C(=O)C1.I. The Morgan fingerprint density at radius 2 is 2.16 bits per heavy atom.